The monoisotopic (exact) mass is 363 g/mol. The highest BCUT2D eigenvalue weighted by Gasteiger charge is 2.09. The SMILES string of the molecule is Cc1ccc(-c2ccc(/C=C(\C#N)c3ccccc3)o2)c(Br)c1. The van der Waals surface area contributed by atoms with Gasteiger partial charge in [-0.25, -0.2) is 0 Å². The minimum atomic E-state index is 0.578. The Hall–Kier alpha value is -2.57. The van der Waals surface area contributed by atoms with Crippen molar-refractivity contribution >= 4 is 27.6 Å². The van der Waals surface area contributed by atoms with Gasteiger partial charge in [0.25, 0.3) is 0 Å². The Morgan fingerprint density at radius 3 is 2.57 bits per heavy atom. The van der Waals surface area contributed by atoms with Crippen LogP contribution in [0.4, 0.5) is 0 Å². The average molecular weight is 364 g/mol. The number of furan rings is 1. The van der Waals surface area contributed by atoms with E-state index in [0.29, 0.717) is 11.3 Å². The predicted octanol–water partition coefficient (Wildman–Crippen LogP) is 6.08. The van der Waals surface area contributed by atoms with Crippen LogP contribution >= 0.6 is 15.9 Å². The third-order valence-corrected chi connectivity index (χ3v) is 4.16. The quantitative estimate of drug-likeness (QED) is 0.528. The minimum Gasteiger partial charge on any atom is -0.457 e. The van der Waals surface area contributed by atoms with Crippen LogP contribution in [0.5, 0.6) is 0 Å². The van der Waals surface area contributed by atoms with Crippen molar-refractivity contribution in [3.05, 3.63) is 82.0 Å². The van der Waals surface area contributed by atoms with E-state index >= 15 is 0 Å². The first-order chi connectivity index (χ1) is 11.2. The molecule has 0 amide bonds. The third-order valence-electron chi connectivity index (χ3n) is 3.51. The molecule has 0 aliphatic rings. The molecular formula is C20H14BrNO. The second-order valence-electron chi connectivity index (χ2n) is 5.22. The highest BCUT2D eigenvalue weighted by atomic mass is 79.9. The molecule has 1 aromatic heterocycles. The van der Waals surface area contributed by atoms with E-state index in [1.54, 1.807) is 6.08 Å². The van der Waals surface area contributed by atoms with Crippen molar-refractivity contribution in [2.45, 2.75) is 6.92 Å². The van der Waals surface area contributed by atoms with Gasteiger partial charge in [0.2, 0.25) is 0 Å². The summed E-state index contributed by atoms with van der Waals surface area (Å²) in [7, 11) is 0. The average Bonchev–Trinajstić information content (AvgIpc) is 3.01. The Morgan fingerprint density at radius 1 is 1.09 bits per heavy atom. The topological polar surface area (TPSA) is 36.9 Å². The lowest BCUT2D eigenvalue weighted by Gasteiger charge is -2.02. The van der Waals surface area contributed by atoms with E-state index in [-0.39, 0.29) is 0 Å². The van der Waals surface area contributed by atoms with Crippen molar-refractivity contribution in [1.82, 2.24) is 0 Å². The lowest BCUT2D eigenvalue weighted by atomic mass is 10.1. The largest absolute Gasteiger partial charge is 0.457 e. The van der Waals surface area contributed by atoms with Gasteiger partial charge >= 0.3 is 0 Å². The zero-order valence-electron chi connectivity index (χ0n) is 12.6. The van der Waals surface area contributed by atoms with Gasteiger partial charge < -0.3 is 4.42 Å². The molecule has 112 valence electrons. The Balaban J connectivity index is 1.96. The molecule has 0 fully saturated rings. The molecule has 23 heavy (non-hydrogen) atoms. The maximum absolute atomic E-state index is 9.37. The minimum absolute atomic E-state index is 0.578. The Bertz CT molecular complexity index is 901. The highest BCUT2D eigenvalue weighted by molar-refractivity contribution is 9.10. The number of nitrogens with zero attached hydrogens (tertiary/aromatic N) is 1. The van der Waals surface area contributed by atoms with Crippen LogP contribution in [-0.2, 0) is 0 Å². The van der Waals surface area contributed by atoms with E-state index in [4.69, 9.17) is 4.42 Å². The first-order valence-electron chi connectivity index (χ1n) is 7.21. The van der Waals surface area contributed by atoms with E-state index in [9.17, 15) is 5.26 Å². The van der Waals surface area contributed by atoms with Gasteiger partial charge in [0, 0.05) is 10.0 Å². The smallest absolute Gasteiger partial charge is 0.135 e. The van der Waals surface area contributed by atoms with Gasteiger partial charge in [0.1, 0.15) is 11.5 Å². The zero-order valence-corrected chi connectivity index (χ0v) is 14.2. The van der Waals surface area contributed by atoms with Crippen LogP contribution in [0.15, 0.2) is 69.6 Å². The molecule has 0 bridgehead atoms. The molecule has 0 radical (unpaired) electrons. The van der Waals surface area contributed by atoms with Gasteiger partial charge in [-0.15, -0.1) is 0 Å². The summed E-state index contributed by atoms with van der Waals surface area (Å²) < 4.78 is 6.88. The summed E-state index contributed by atoms with van der Waals surface area (Å²) in [5.74, 6) is 1.43. The van der Waals surface area contributed by atoms with Crippen molar-refractivity contribution < 1.29 is 4.42 Å². The van der Waals surface area contributed by atoms with Crippen LogP contribution in [0.3, 0.4) is 0 Å². The van der Waals surface area contributed by atoms with Gasteiger partial charge in [-0.05, 0) is 48.4 Å². The van der Waals surface area contributed by atoms with Crippen LogP contribution < -0.4 is 0 Å². The number of benzene rings is 2. The second-order valence-corrected chi connectivity index (χ2v) is 6.08. The molecule has 3 rings (SSSR count). The molecule has 1 heterocycles. The van der Waals surface area contributed by atoms with Crippen LogP contribution in [0, 0.1) is 18.3 Å². The molecule has 3 aromatic rings. The van der Waals surface area contributed by atoms with Crippen LogP contribution in [0.1, 0.15) is 16.9 Å². The number of rotatable bonds is 3. The number of hydrogen-bond acceptors (Lipinski definition) is 2. The standard InChI is InChI=1S/C20H14BrNO/c1-14-7-9-18(19(21)11-14)20-10-8-17(23-20)12-16(13-22)15-5-3-2-4-6-15/h2-12H,1H3/b16-12+. The van der Waals surface area contributed by atoms with Crippen LogP contribution in [-0.4, -0.2) is 0 Å². The summed E-state index contributed by atoms with van der Waals surface area (Å²) in [5.41, 5.74) is 3.63. The van der Waals surface area contributed by atoms with Crippen molar-refractivity contribution in [1.29, 1.82) is 5.26 Å². The number of hydrogen-bond donors (Lipinski definition) is 0. The van der Waals surface area contributed by atoms with Gasteiger partial charge in [0.05, 0.1) is 11.6 Å². The second kappa shape index (κ2) is 6.68. The summed E-state index contributed by atoms with van der Waals surface area (Å²) in [6.45, 7) is 2.05. The fraction of sp³-hybridized carbons (Fsp3) is 0.0500. The molecule has 0 N–H and O–H groups in total. The first-order valence-corrected chi connectivity index (χ1v) is 8.00. The summed E-state index contributed by atoms with van der Waals surface area (Å²) in [4.78, 5) is 0. The van der Waals surface area contributed by atoms with Gasteiger partial charge in [-0.3, -0.25) is 0 Å². The molecule has 0 spiro atoms. The number of allylic oxidation sites excluding steroid dienone is 1. The van der Waals surface area contributed by atoms with Crippen molar-refractivity contribution in [3.63, 3.8) is 0 Å². The fourth-order valence-corrected chi connectivity index (χ4v) is 3.02. The maximum atomic E-state index is 9.37. The highest BCUT2D eigenvalue weighted by Crippen LogP contribution is 2.31. The zero-order chi connectivity index (χ0) is 16.2. The normalized spacial score (nSPS) is 11.3. The van der Waals surface area contributed by atoms with Gasteiger partial charge in [0.15, 0.2) is 0 Å². The molecule has 0 aliphatic carbocycles. The maximum Gasteiger partial charge on any atom is 0.135 e. The number of nitriles is 1. The lowest BCUT2D eigenvalue weighted by molar-refractivity contribution is 0.571. The first kappa shape index (κ1) is 15.3. The molecule has 0 saturated carbocycles. The summed E-state index contributed by atoms with van der Waals surface area (Å²) in [6, 6.07) is 21.7. The summed E-state index contributed by atoms with van der Waals surface area (Å²) >= 11 is 3.57. The van der Waals surface area contributed by atoms with Crippen LogP contribution in [0.2, 0.25) is 0 Å². The molecular weight excluding hydrogens is 350 g/mol. The Labute approximate surface area is 143 Å². The van der Waals surface area contributed by atoms with Crippen molar-refractivity contribution in [3.8, 4) is 17.4 Å². The van der Waals surface area contributed by atoms with E-state index in [0.717, 1.165) is 21.4 Å². The molecule has 0 atom stereocenters. The molecule has 3 heteroatoms. The molecule has 2 aromatic carbocycles. The van der Waals surface area contributed by atoms with Crippen LogP contribution in [0.25, 0.3) is 23.0 Å². The van der Waals surface area contributed by atoms with Gasteiger partial charge in [-0.1, -0.05) is 52.3 Å². The third kappa shape index (κ3) is 3.44. The molecule has 0 saturated heterocycles. The van der Waals surface area contributed by atoms with E-state index in [2.05, 4.69) is 28.1 Å². The Morgan fingerprint density at radius 2 is 1.87 bits per heavy atom. The Kier molecular flexibility index (Phi) is 4.45. The van der Waals surface area contributed by atoms with E-state index in [1.165, 1.54) is 5.56 Å². The van der Waals surface area contributed by atoms with Crippen molar-refractivity contribution in [2.75, 3.05) is 0 Å². The number of halogens is 1. The van der Waals surface area contributed by atoms with Gasteiger partial charge in [-0.2, -0.15) is 5.26 Å². The summed E-state index contributed by atoms with van der Waals surface area (Å²) in [5, 5.41) is 9.37. The van der Waals surface area contributed by atoms with E-state index < -0.39 is 0 Å². The van der Waals surface area contributed by atoms with Crippen molar-refractivity contribution in [2.24, 2.45) is 0 Å². The summed E-state index contributed by atoms with van der Waals surface area (Å²) in [6.07, 6.45) is 1.76. The molecule has 0 aliphatic heterocycles. The predicted molar refractivity (Wildman–Crippen MR) is 96.5 cm³/mol. The number of aryl methyl sites for hydroxylation is 1. The van der Waals surface area contributed by atoms with E-state index in [1.807, 2.05) is 61.5 Å². The fourth-order valence-electron chi connectivity index (χ4n) is 2.34. The lowest BCUT2D eigenvalue weighted by Crippen LogP contribution is -1.80. The molecule has 2 nitrogen and oxygen atoms in total. The molecule has 0 unspecified atom stereocenters.